The summed E-state index contributed by atoms with van der Waals surface area (Å²) in [6, 6.07) is 7.49. The summed E-state index contributed by atoms with van der Waals surface area (Å²) in [6.07, 6.45) is 3.44. The van der Waals surface area contributed by atoms with Crippen molar-refractivity contribution in [1.82, 2.24) is 25.5 Å². The van der Waals surface area contributed by atoms with Crippen molar-refractivity contribution in [2.24, 2.45) is 10.9 Å². The van der Waals surface area contributed by atoms with Crippen LogP contribution in [0.15, 0.2) is 34.4 Å². The Morgan fingerprint density at radius 3 is 2.68 bits per heavy atom. The zero-order valence-corrected chi connectivity index (χ0v) is 19.2. The van der Waals surface area contributed by atoms with Crippen molar-refractivity contribution in [3.8, 4) is 0 Å². The van der Waals surface area contributed by atoms with Crippen LogP contribution in [0.2, 0.25) is 0 Å². The number of nitrogens with zero attached hydrogens (tertiary/aromatic N) is 5. The van der Waals surface area contributed by atoms with E-state index in [-0.39, 0.29) is 24.2 Å². The second-order valence-corrected chi connectivity index (χ2v) is 8.58. The summed E-state index contributed by atoms with van der Waals surface area (Å²) in [5, 5.41) is 13.7. The summed E-state index contributed by atoms with van der Waals surface area (Å²) in [4.78, 5) is 28.8. The zero-order valence-electron chi connectivity index (χ0n) is 18.4. The molecule has 0 unspecified atom stereocenters. The molecule has 2 amide bonds. The van der Waals surface area contributed by atoms with Gasteiger partial charge in [-0.1, -0.05) is 43.3 Å². The number of aryl methyl sites for hydroxylation is 2. The first kappa shape index (κ1) is 22.8. The fourth-order valence-corrected chi connectivity index (χ4v) is 3.70. The third kappa shape index (κ3) is 5.84. The molecule has 31 heavy (non-hydrogen) atoms. The number of thioether (sulfide) groups is 1. The van der Waals surface area contributed by atoms with Crippen LogP contribution >= 0.6 is 11.8 Å². The van der Waals surface area contributed by atoms with Crippen molar-refractivity contribution in [1.29, 1.82) is 0 Å². The van der Waals surface area contributed by atoms with Crippen LogP contribution in [0.4, 0.5) is 5.69 Å². The number of benzene rings is 1. The number of aliphatic imine (C=N–C) groups is 1. The van der Waals surface area contributed by atoms with Gasteiger partial charge in [0.05, 0.1) is 5.69 Å². The number of hydrogen-bond acceptors (Lipinski definition) is 7. The fraction of sp³-hybridized carbons (Fsp3) is 0.476. The first-order valence-electron chi connectivity index (χ1n) is 10.3. The maximum atomic E-state index is 12.5. The van der Waals surface area contributed by atoms with E-state index in [9.17, 15) is 9.59 Å². The summed E-state index contributed by atoms with van der Waals surface area (Å²) < 4.78 is 2.15. The van der Waals surface area contributed by atoms with Crippen LogP contribution in [0, 0.1) is 12.8 Å². The molecule has 0 bridgehead atoms. The highest BCUT2D eigenvalue weighted by Gasteiger charge is 2.25. The molecular weight excluding hydrogens is 414 g/mol. The number of rotatable bonds is 9. The third-order valence-corrected chi connectivity index (χ3v) is 5.40. The van der Waals surface area contributed by atoms with Gasteiger partial charge in [-0.2, -0.15) is 0 Å². The quantitative estimate of drug-likeness (QED) is 0.454. The molecule has 1 aromatic carbocycles. The number of carbonyl (C=O) groups is 2. The lowest BCUT2D eigenvalue weighted by Crippen LogP contribution is -2.55. The van der Waals surface area contributed by atoms with Crippen LogP contribution in [0.25, 0.3) is 0 Å². The molecule has 0 spiro atoms. The molecule has 1 aliphatic heterocycles. The van der Waals surface area contributed by atoms with Gasteiger partial charge in [-0.25, -0.2) is 5.01 Å². The molecule has 3 rings (SSSR count). The SMILES string of the molecule is CSc1nnc(CCCNC(=O)C2=NCC(=O)N(c3ccc(C)cc3)N2)n1CC(C)C. The normalized spacial score (nSPS) is 13.9. The molecule has 0 saturated heterocycles. The maximum Gasteiger partial charge on any atom is 0.288 e. The standard InChI is InChI=1S/C21H29N7O2S/c1-14(2)13-27-17(24-25-21(27)31-4)6-5-11-22-20(30)19-23-12-18(29)28(26-19)16-9-7-15(3)8-10-16/h7-10,14H,5-6,11-13H2,1-4H3,(H,22,30)(H,23,26). The molecule has 9 nitrogen and oxygen atoms in total. The van der Waals surface area contributed by atoms with Crippen LogP contribution in [-0.2, 0) is 22.6 Å². The molecule has 166 valence electrons. The number of hydrazine groups is 1. The van der Waals surface area contributed by atoms with E-state index in [4.69, 9.17) is 0 Å². The molecule has 10 heteroatoms. The number of amidine groups is 1. The van der Waals surface area contributed by atoms with Gasteiger partial charge < -0.3 is 9.88 Å². The van der Waals surface area contributed by atoms with Crippen LogP contribution in [0.5, 0.6) is 0 Å². The second kappa shape index (κ2) is 10.4. The van der Waals surface area contributed by atoms with Crippen molar-refractivity contribution >= 4 is 35.1 Å². The molecule has 2 N–H and O–H groups in total. The highest BCUT2D eigenvalue weighted by atomic mass is 32.2. The van der Waals surface area contributed by atoms with Crippen LogP contribution in [0.3, 0.4) is 0 Å². The molecule has 0 fully saturated rings. The average Bonchev–Trinajstić information content (AvgIpc) is 3.13. The van der Waals surface area contributed by atoms with E-state index < -0.39 is 0 Å². The molecule has 0 aliphatic carbocycles. The van der Waals surface area contributed by atoms with Crippen LogP contribution < -0.4 is 15.8 Å². The Morgan fingerprint density at radius 2 is 2.00 bits per heavy atom. The van der Waals surface area contributed by atoms with E-state index in [0.717, 1.165) is 29.5 Å². The van der Waals surface area contributed by atoms with E-state index in [2.05, 4.69) is 44.3 Å². The maximum absolute atomic E-state index is 12.5. The predicted octanol–water partition coefficient (Wildman–Crippen LogP) is 1.96. The summed E-state index contributed by atoms with van der Waals surface area (Å²) in [5.74, 6) is 1.01. The van der Waals surface area contributed by atoms with Gasteiger partial charge in [0.1, 0.15) is 12.4 Å². The zero-order chi connectivity index (χ0) is 22.4. The first-order valence-corrected chi connectivity index (χ1v) is 11.6. The van der Waals surface area contributed by atoms with Crippen molar-refractivity contribution in [3.63, 3.8) is 0 Å². The molecule has 0 atom stereocenters. The number of carbonyl (C=O) groups excluding carboxylic acids is 2. The first-order chi connectivity index (χ1) is 14.9. The van der Waals surface area contributed by atoms with Crippen molar-refractivity contribution in [3.05, 3.63) is 35.7 Å². The number of anilines is 1. The van der Waals surface area contributed by atoms with Gasteiger partial charge in [-0.3, -0.25) is 20.0 Å². The smallest absolute Gasteiger partial charge is 0.288 e. The Bertz CT molecular complexity index is 953. The van der Waals surface area contributed by atoms with E-state index in [1.807, 2.05) is 37.4 Å². The van der Waals surface area contributed by atoms with Crippen molar-refractivity contribution < 1.29 is 9.59 Å². The van der Waals surface area contributed by atoms with Gasteiger partial charge in [0.25, 0.3) is 11.8 Å². The highest BCUT2D eigenvalue weighted by Crippen LogP contribution is 2.17. The van der Waals surface area contributed by atoms with Crippen LogP contribution in [-0.4, -0.2) is 51.8 Å². The molecule has 0 saturated carbocycles. The number of nitrogens with one attached hydrogen (secondary N) is 2. The Balaban J connectivity index is 1.53. The van der Waals surface area contributed by atoms with E-state index in [0.29, 0.717) is 24.6 Å². The Labute approximate surface area is 186 Å². The number of hydrogen-bond donors (Lipinski definition) is 2. The van der Waals surface area contributed by atoms with Crippen LogP contribution in [0.1, 0.15) is 31.7 Å². The highest BCUT2D eigenvalue weighted by molar-refractivity contribution is 7.98. The van der Waals surface area contributed by atoms with Gasteiger partial charge in [-0.05, 0) is 37.7 Å². The molecule has 2 heterocycles. The number of amides is 2. The molecule has 2 aromatic rings. The molecular formula is C21H29N7O2S. The number of aromatic nitrogens is 3. The lowest BCUT2D eigenvalue weighted by atomic mass is 10.2. The van der Waals surface area contributed by atoms with Gasteiger partial charge in [0.2, 0.25) is 5.84 Å². The Hall–Kier alpha value is -2.88. The third-order valence-electron chi connectivity index (χ3n) is 4.73. The minimum atomic E-state index is -0.335. The second-order valence-electron chi connectivity index (χ2n) is 7.81. The van der Waals surface area contributed by atoms with Gasteiger partial charge >= 0.3 is 0 Å². The van der Waals surface area contributed by atoms with Gasteiger partial charge in [0, 0.05) is 19.5 Å². The summed E-state index contributed by atoms with van der Waals surface area (Å²) in [5.41, 5.74) is 4.59. The molecule has 1 aliphatic rings. The molecule has 0 radical (unpaired) electrons. The van der Waals surface area contributed by atoms with Crippen molar-refractivity contribution in [2.75, 3.05) is 24.4 Å². The van der Waals surface area contributed by atoms with E-state index >= 15 is 0 Å². The summed E-state index contributed by atoms with van der Waals surface area (Å²) in [6.45, 7) is 7.57. The summed E-state index contributed by atoms with van der Waals surface area (Å²) >= 11 is 1.58. The lowest BCUT2D eigenvalue weighted by Gasteiger charge is -2.27. The van der Waals surface area contributed by atoms with E-state index in [1.54, 1.807) is 11.8 Å². The predicted molar refractivity (Wildman–Crippen MR) is 122 cm³/mol. The van der Waals surface area contributed by atoms with Gasteiger partial charge in [-0.15, -0.1) is 10.2 Å². The average molecular weight is 444 g/mol. The fourth-order valence-electron chi connectivity index (χ4n) is 3.18. The van der Waals surface area contributed by atoms with Crippen molar-refractivity contribution in [2.45, 2.75) is 45.3 Å². The Morgan fingerprint density at radius 1 is 1.26 bits per heavy atom. The van der Waals surface area contributed by atoms with Gasteiger partial charge in [0.15, 0.2) is 5.16 Å². The Kier molecular flexibility index (Phi) is 7.67. The lowest BCUT2D eigenvalue weighted by molar-refractivity contribution is -0.118. The topological polar surface area (TPSA) is 105 Å². The van der Waals surface area contributed by atoms with E-state index in [1.165, 1.54) is 5.01 Å². The minimum Gasteiger partial charge on any atom is -0.349 e. The summed E-state index contributed by atoms with van der Waals surface area (Å²) in [7, 11) is 0. The minimum absolute atomic E-state index is 0.0700. The monoisotopic (exact) mass is 443 g/mol. The molecule has 1 aromatic heterocycles. The largest absolute Gasteiger partial charge is 0.349 e.